The number of hydrogen-bond acceptors (Lipinski definition) is 6. The molecule has 44 heavy (non-hydrogen) atoms. The molecule has 3 aromatic carbocycles. The predicted octanol–water partition coefficient (Wildman–Crippen LogP) is 8.06. The van der Waals surface area contributed by atoms with E-state index >= 15 is 0 Å². The highest BCUT2D eigenvalue weighted by atomic mass is 79.9. The zero-order chi connectivity index (χ0) is 31.3. The van der Waals surface area contributed by atoms with Gasteiger partial charge in [-0.05, 0) is 80.4 Å². The third-order valence-corrected chi connectivity index (χ3v) is 11.3. The minimum absolute atomic E-state index is 0.121. The van der Waals surface area contributed by atoms with Crippen LogP contribution in [0.4, 0.5) is 5.69 Å². The number of halogens is 4. The number of alkyl halides is 2. The molecule has 6 rings (SSSR count). The van der Waals surface area contributed by atoms with E-state index in [-0.39, 0.29) is 44.7 Å². The number of amides is 2. The summed E-state index contributed by atoms with van der Waals surface area (Å²) in [5.74, 6) is -2.16. The second kappa shape index (κ2) is 12.4. The number of ether oxygens (including phenoxy) is 1. The summed E-state index contributed by atoms with van der Waals surface area (Å²) in [6, 6.07) is 19.8. The minimum Gasteiger partial charge on any atom is -0.451 e. The molecule has 1 aliphatic heterocycles. The number of pyridine rings is 1. The second-order valence-electron chi connectivity index (χ2n) is 10.9. The standard InChI is InChI=1S/C33H24Br2Cl2N2O5/c1-16(30(40)18-2-6-19(36)7-3-18)44-33(43)25-15-29(38-28-11-8-20(37)12-22(25)28)17-4-9-21(10-5-17)39-31(41)23-13-26(34)27(35)14-24(23)32(39)42/h2-12,15-16,23-24,26-27H,13-14H2,1H3. The Hall–Kier alpha value is -3.11. The molecule has 5 unspecified atom stereocenters. The van der Waals surface area contributed by atoms with Gasteiger partial charge in [0.05, 0.1) is 34.3 Å². The van der Waals surface area contributed by atoms with Crippen LogP contribution in [-0.2, 0) is 14.3 Å². The van der Waals surface area contributed by atoms with Gasteiger partial charge < -0.3 is 4.74 Å². The Bertz CT molecular complexity index is 1790. The molecule has 2 fully saturated rings. The lowest BCUT2D eigenvalue weighted by Gasteiger charge is -2.29. The van der Waals surface area contributed by atoms with Crippen LogP contribution in [0, 0.1) is 11.8 Å². The van der Waals surface area contributed by atoms with Crippen molar-refractivity contribution in [3.63, 3.8) is 0 Å². The van der Waals surface area contributed by atoms with Crippen molar-refractivity contribution in [1.82, 2.24) is 4.98 Å². The molecular weight excluding hydrogens is 735 g/mol. The molecule has 224 valence electrons. The summed E-state index contributed by atoms with van der Waals surface area (Å²) in [5, 5.41) is 1.37. The zero-order valence-corrected chi connectivity index (χ0v) is 27.9. The second-order valence-corrected chi connectivity index (χ2v) is 14.1. The Morgan fingerprint density at radius 2 is 1.45 bits per heavy atom. The lowest BCUT2D eigenvalue weighted by atomic mass is 9.81. The van der Waals surface area contributed by atoms with E-state index in [1.165, 1.54) is 11.8 Å². The molecule has 0 N–H and O–H groups in total. The lowest BCUT2D eigenvalue weighted by Crippen LogP contribution is -2.34. The van der Waals surface area contributed by atoms with Crippen LogP contribution in [0.15, 0.2) is 72.8 Å². The molecule has 5 atom stereocenters. The van der Waals surface area contributed by atoms with Gasteiger partial charge in [-0.2, -0.15) is 0 Å². The largest absolute Gasteiger partial charge is 0.451 e. The number of benzene rings is 3. The fourth-order valence-electron chi connectivity index (χ4n) is 5.77. The lowest BCUT2D eigenvalue weighted by molar-refractivity contribution is -0.122. The smallest absolute Gasteiger partial charge is 0.339 e. The number of Topliss-reactive ketones (excluding diaryl/α,β-unsaturated/α-hetero) is 1. The summed E-state index contributed by atoms with van der Waals surface area (Å²) in [4.78, 5) is 59.2. The molecule has 11 heteroatoms. The SMILES string of the molecule is CC(OC(=O)c1cc(-c2ccc(N3C(=O)C4CC(Br)C(Br)CC4C3=O)cc2)nc2ccc(Cl)cc12)C(=O)c1ccc(Cl)cc1. The Labute approximate surface area is 280 Å². The van der Waals surface area contributed by atoms with Crippen molar-refractivity contribution in [2.24, 2.45) is 11.8 Å². The highest BCUT2D eigenvalue weighted by Gasteiger charge is 2.52. The molecule has 1 saturated heterocycles. The molecule has 0 bridgehead atoms. The van der Waals surface area contributed by atoms with Crippen molar-refractivity contribution in [3.8, 4) is 11.3 Å². The number of nitrogens with zero attached hydrogens (tertiary/aromatic N) is 2. The fraction of sp³-hybridized carbons (Fsp3) is 0.242. The van der Waals surface area contributed by atoms with Crippen molar-refractivity contribution in [2.75, 3.05) is 4.90 Å². The van der Waals surface area contributed by atoms with Gasteiger partial charge in [0.15, 0.2) is 6.10 Å². The topological polar surface area (TPSA) is 93.6 Å². The summed E-state index contributed by atoms with van der Waals surface area (Å²) < 4.78 is 5.61. The highest BCUT2D eigenvalue weighted by molar-refractivity contribution is 9.12. The Morgan fingerprint density at radius 1 is 0.864 bits per heavy atom. The van der Waals surface area contributed by atoms with E-state index in [4.69, 9.17) is 32.9 Å². The summed E-state index contributed by atoms with van der Waals surface area (Å²) in [5.41, 5.74) is 2.66. The van der Waals surface area contributed by atoms with Gasteiger partial charge in [-0.15, -0.1) is 0 Å². The monoisotopic (exact) mass is 756 g/mol. The van der Waals surface area contributed by atoms with Crippen molar-refractivity contribution < 1.29 is 23.9 Å². The van der Waals surface area contributed by atoms with Crippen LogP contribution in [0.3, 0.4) is 0 Å². The molecule has 0 spiro atoms. The van der Waals surface area contributed by atoms with Crippen molar-refractivity contribution in [1.29, 1.82) is 0 Å². The third kappa shape index (κ3) is 5.83. The molecule has 1 saturated carbocycles. The normalized spacial score (nSPS) is 22.2. The van der Waals surface area contributed by atoms with E-state index in [2.05, 4.69) is 31.9 Å². The van der Waals surface area contributed by atoms with Gasteiger partial charge in [-0.3, -0.25) is 19.3 Å². The molecule has 0 radical (unpaired) electrons. The van der Waals surface area contributed by atoms with Gasteiger partial charge in [0, 0.05) is 36.2 Å². The molecule has 1 aliphatic carbocycles. The van der Waals surface area contributed by atoms with Crippen LogP contribution in [-0.4, -0.2) is 44.3 Å². The number of carbonyl (C=O) groups is 4. The average molecular weight is 759 g/mol. The van der Waals surface area contributed by atoms with Crippen LogP contribution >= 0.6 is 55.1 Å². The van der Waals surface area contributed by atoms with E-state index in [1.807, 2.05) is 0 Å². The number of aromatic nitrogens is 1. The zero-order valence-electron chi connectivity index (χ0n) is 23.2. The number of esters is 1. The third-order valence-electron chi connectivity index (χ3n) is 8.11. The maximum absolute atomic E-state index is 13.5. The van der Waals surface area contributed by atoms with Crippen LogP contribution in [0.1, 0.15) is 40.5 Å². The van der Waals surface area contributed by atoms with E-state index in [1.54, 1.807) is 72.8 Å². The number of anilines is 1. The number of rotatable bonds is 6. The Kier molecular flexibility index (Phi) is 8.67. The average Bonchev–Trinajstić information content (AvgIpc) is 3.24. The van der Waals surface area contributed by atoms with E-state index < -0.39 is 12.1 Å². The molecule has 2 aliphatic rings. The fourth-order valence-corrected chi connectivity index (χ4v) is 7.31. The van der Waals surface area contributed by atoms with Gasteiger partial charge in [-0.1, -0.05) is 67.2 Å². The summed E-state index contributed by atoms with van der Waals surface area (Å²) in [6.07, 6.45) is 0.119. The van der Waals surface area contributed by atoms with Gasteiger partial charge in [0.25, 0.3) is 0 Å². The van der Waals surface area contributed by atoms with Crippen molar-refractivity contribution in [2.45, 2.75) is 35.5 Å². The van der Waals surface area contributed by atoms with Crippen LogP contribution in [0.5, 0.6) is 0 Å². The number of imide groups is 1. The number of ketones is 1. The van der Waals surface area contributed by atoms with Crippen molar-refractivity contribution in [3.05, 3.63) is 94.0 Å². The summed E-state index contributed by atoms with van der Waals surface area (Å²) in [7, 11) is 0. The molecule has 1 aromatic heterocycles. The maximum Gasteiger partial charge on any atom is 0.339 e. The first-order chi connectivity index (χ1) is 21.0. The first-order valence-corrected chi connectivity index (χ1v) is 16.5. The van der Waals surface area contributed by atoms with Crippen LogP contribution in [0.2, 0.25) is 10.0 Å². The van der Waals surface area contributed by atoms with Gasteiger partial charge in [-0.25, -0.2) is 9.78 Å². The number of carbonyl (C=O) groups excluding carboxylic acids is 4. The van der Waals surface area contributed by atoms with Gasteiger partial charge >= 0.3 is 5.97 Å². The first kappa shape index (κ1) is 30.9. The van der Waals surface area contributed by atoms with Gasteiger partial charge in [0.1, 0.15) is 0 Å². The van der Waals surface area contributed by atoms with Gasteiger partial charge in [0.2, 0.25) is 17.6 Å². The molecule has 2 heterocycles. The van der Waals surface area contributed by atoms with Crippen molar-refractivity contribution >= 4 is 95.2 Å². The summed E-state index contributed by atoms with van der Waals surface area (Å²) >= 11 is 19.4. The molecule has 7 nitrogen and oxygen atoms in total. The van der Waals surface area contributed by atoms with E-state index in [0.29, 0.717) is 56.3 Å². The van der Waals surface area contributed by atoms with E-state index in [0.717, 1.165) is 0 Å². The van der Waals surface area contributed by atoms with Crippen LogP contribution < -0.4 is 4.90 Å². The summed E-state index contributed by atoms with van der Waals surface area (Å²) in [6.45, 7) is 1.51. The Morgan fingerprint density at radius 3 is 2.07 bits per heavy atom. The molecular formula is C33H24Br2Cl2N2O5. The molecule has 4 aromatic rings. The first-order valence-electron chi connectivity index (χ1n) is 13.9. The maximum atomic E-state index is 13.5. The molecule has 2 amide bonds. The minimum atomic E-state index is -1.06. The quantitative estimate of drug-likeness (QED) is 0.0855. The van der Waals surface area contributed by atoms with E-state index in [9.17, 15) is 19.2 Å². The Balaban J connectivity index is 1.29. The number of hydrogen-bond donors (Lipinski definition) is 0. The predicted molar refractivity (Wildman–Crippen MR) is 177 cm³/mol. The van der Waals surface area contributed by atoms with Crippen LogP contribution in [0.25, 0.3) is 22.2 Å². The number of fused-ring (bicyclic) bond motifs is 2. The highest BCUT2D eigenvalue weighted by Crippen LogP contribution is 2.44.